The smallest absolute Gasteiger partial charge is 0.102 e. The van der Waals surface area contributed by atoms with E-state index in [0.717, 1.165) is 6.42 Å². The van der Waals surface area contributed by atoms with Crippen molar-refractivity contribution in [3.63, 3.8) is 0 Å². The molecule has 0 heterocycles. The lowest BCUT2D eigenvalue weighted by Gasteiger charge is -2.03. The molecule has 1 atom stereocenters. The Kier molecular flexibility index (Phi) is 4.19. The number of thioether (sulfide) groups is 1. The van der Waals surface area contributed by atoms with E-state index in [1.54, 1.807) is 11.8 Å². The summed E-state index contributed by atoms with van der Waals surface area (Å²) in [4.78, 5) is 1.19. The van der Waals surface area contributed by atoms with Crippen molar-refractivity contribution < 1.29 is 5.11 Å². The molecule has 0 aliphatic carbocycles. The highest BCUT2D eigenvalue weighted by atomic mass is 32.2. The molecule has 0 aliphatic heterocycles. The maximum atomic E-state index is 11.0. The number of benzene rings is 1. The molecule has 0 aromatic heterocycles. The van der Waals surface area contributed by atoms with Crippen LogP contribution in [0.5, 0.6) is 0 Å². The zero-order valence-electron chi connectivity index (χ0n) is 7.19. The van der Waals surface area contributed by atoms with E-state index in [4.69, 9.17) is 0 Å². The minimum atomic E-state index is -0.421. The van der Waals surface area contributed by atoms with Crippen LogP contribution in [-0.2, 0) is 5.11 Å². The Morgan fingerprint density at radius 3 is 2.58 bits per heavy atom. The van der Waals surface area contributed by atoms with Crippen LogP contribution in [0.2, 0.25) is 0 Å². The van der Waals surface area contributed by atoms with Crippen molar-refractivity contribution in [3.05, 3.63) is 30.3 Å². The molecule has 2 heteroatoms. The Bertz CT molecular complexity index is 210. The van der Waals surface area contributed by atoms with Crippen molar-refractivity contribution in [1.82, 2.24) is 0 Å². The van der Waals surface area contributed by atoms with Crippen molar-refractivity contribution in [3.8, 4) is 0 Å². The number of hydrogen-bond acceptors (Lipinski definition) is 1. The van der Waals surface area contributed by atoms with E-state index in [1.807, 2.05) is 37.3 Å². The molecule has 0 N–H and O–H groups in total. The lowest BCUT2D eigenvalue weighted by atomic mass is 10.3. The summed E-state index contributed by atoms with van der Waals surface area (Å²) in [5.74, 6) is 0.681. The topological polar surface area (TPSA) is 19.9 Å². The second-order valence-electron chi connectivity index (χ2n) is 2.65. The van der Waals surface area contributed by atoms with Crippen LogP contribution in [0.1, 0.15) is 13.3 Å². The van der Waals surface area contributed by atoms with Crippen LogP contribution < -0.4 is 0 Å². The van der Waals surface area contributed by atoms with Crippen molar-refractivity contribution >= 4 is 11.8 Å². The molecule has 65 valence electrons. The fourth-order valence-corrected chi connectivity index (χ4v) is 1.79. The summed E-state index contributed by atoms with van der Waals surface area (Å²) in [7, 11) is 0. The highest BCUT2D eigenvalue weighted by Crippen LogP contribution is 2.18. The normalized spacial score (nSPS) is 12.8. The lowest BCUT2D eigenvalue weighted by molar-refractivity contribution is 0.106. The van der Waals surface area contributed by atoms with Crippen LogP contribution in [0.3, 0.4) is 0 Å². The highest BCUT2D eigenvalue weighted by molar-refractivity contribution is 7.99. The zero-order chi connectivity index (χ0) is 8.81. The predicted molar refractivity (Wildman–Crippen MR) is 51.9 cm³/mol. The molecule has 0 amide bonds. The first-order valence-corrected chi connectivity index (χ1v) is 5.15. The maximum Gasteiger partial charge on any atom is 0.102 e. The fraction of sp³-hybridized carbons (Fsp3) is 0.400. The van der Waals surface area contributed by atoms with Gasteiger partial charge in [-0.25, -0.2) is 5.11 Å². The average Bonchev–Trinajstić information content (AvgIpc) is 2.16. The van der Waals surface area contributed by atoms with E-state index in [9.17, 15) is 5.11 Å². The maximum absolute atomic E-state index is 11.0. The molecular weight excluding hydrogens is 168 g/mol. The summed E-state index contributed by atoms with van der Waals surface area (Å²) in [5, 5.41) is 11.0. The highest BCUT2D eigenvalue weighted by Gasteiger charge is 2.02. The first-order chi connectivity index (χ1) is 5.83. The summed E-state index contributed by atoms with van der Waals surface area (Å²) in [6.07, 6.45) is 0.301. The van der Waals surface area contributed by atoms with Crippen molar-refractivity contribution in [1.29, 1.82) is 0 Å². The van der Waals surface area contributed by atoms with Crippen molar-refractivity contribution in [2.45, 2.75) is 24.3 Å². The first-order valence-electron chi connectivity index (χ1n) is 4.16. The van der Waals surface area contributed by atoms with Gasteiger partial charge in [-0.2, -0.15) is 0 Å². The van der Waals surface area contributed by atoms with Crippen molar-refractivity contribution in [2.24, 2.45) is 0 Å². The van der Waals surface area contributed by atoms with Gasteiger partial charge in [-0.3, -0.25) is 0 Å². The summed E-state index contributed by atoms with van der Waals surface area (Å²) in [5.41, 5.74) is 0. The Balaban J connectivity index is 2.33. The Hall–Kier alpha value is -0.470. The fourth-order valence-electron chi connectivity index (χ4n) is 0.824. The van der Waals surface area contributed by atoms with E-state index in [1.165, 1.54) is 4.90 Å². The summed E-state index contributed by atoms with van der Waals surface area (Å²) < 4.78 is 0. The molecule has 1 nitrogen and oxygen atoms in total. The second-order valence-corrected chi connectivity index (χ2v) is 3.75. The van der Waals surface area contributed by atoms with Crippen LogP contribution >= 0.6 is 11.8 Å². The molecule has 1 aromatic rings. The largest absolute Gasteiger partial charge is 0.232 e. The van der Waals surface area contributed by atoms with Gasteiger partial charge in [0.15, 0.2) is 0 Å². The Morgan fingerprint density at radius 1 is 1.33 bits per heavy atom. The van der Waals surface area contributed by atoms with Gasteiger partial charge < -0.3 is 0 Å². The second kappa shape index (κ2) is 5.22. The minimum Gasteiger partial charge on any atom is -0.232 e. The molecule has 0 fully saturated rings. The van der Waals surface area contributed by atoms with E-state index in [0.29, 0.717) is 5.75 Å². The molecule has 0 saturated heterocycles. The third-order valence-electron chi connectivity index (χ3n) is 1.63. The van der Waals surface area contributed by atoms with Crippen LogP contribution in [0.4, 0.5) is 0 Å². The van der Waals surface area contributed by atoms with Crippen molar-refractivity contribution in [2.75, 3.05) is 5.75 Å². The van der Waals surface area contributed by atoms with E-state index in [2.05, 4.69) is 0 Å². The third kappa shape index (κ3) is 3.28. The van der Waals surface area contributed by atoms with Gasteiger partial charge in [-0.15, -0.1) is 11.8 Å². The lowest BCUT2D eigenvalue weighted by Crippen LogP contribution is -2.04. The molecule has 1 aromatic carbocycles. The summed E-state index contributed by atoms with van der Waals surface area (Å²) >= 11 is 1.64. The molecular formula is C10H13OS. The van der Waals surface area contributed by atoms with Gasteiger partial charge in [0.25, 0.3) is 0 Å². The van der Waals surface area contributed by atoms with Gasteiger partial charge in [0.2, 0.25) is 0 Å². The summed E-state index contributed by atoms with van der Waals surface area (Å²) in [6.45, 7) is 1.93. The number of rotatable bonds is 4. The molecule has 12 heavy (non-hydrogen) atoms. The SMILES string of the molecule is CCC([O])CSc1ccccc1. The molecule has 1 unspecified atom stereocenters. The molecule has 1 rings (SSSR count). The van der Waals surface area contributed by atoms with Crippen LogP contribution in [0.15, 0.2) is 35.2 Å². The van der Waals surface area contributed by atoms with Gasteiger partial charge in [-0.05, 0) is 18.6 Å². The molecule has 0 saturated carbocycles. The average molecular weight is 181 g/mol. The first kappa shape index (κ1) is 9.62. The molecule has 0 bridgehead atoms. The minimum absolute atomic E-state index is 0.421. The van der Waals surface area contributed by atoms with Gasteiger partial charge in [0.1, 0.15) is 6.10 Å². The molecule has 0 spiro atoms. The van der Waals surface area contributed by atoms with E-state index >= 15 is 0 Å². The molecule has 1 radical (unpaired) electrons. The standard InChI is InChI=1S/C10H13OS/c1-2-9(11)8-12-10-6-4-3-5-7-10/h3-7,9H,2,8H2,1H3. The van der Waals surface area contributed by atoms with E-state index in [-0.39, 0.29) is 0 Å². The number of hydrogen-bond donors (Lipinski definition) is 0. The van der Waals surface area contributed by atoms with Crippen LogP contribution in [-0.4, -0.2) is 11.9 Å². The summed E-state index contributed by atoms with van der Waals surface area (Å²) in [6, 6.07) is 10.0. The monoisotopic (exact) mass is 181 g/mol. The molecule has 0 aliphatic rings. The van der Waals surface area contributed by atoms with E-state index < -0.39 is 6.10 Å². The Labute approximate surface area is 77.8 Å². The predicted octanol–water partition coefficient (Wildman–Crippen LogP) is 2.99. The van der Waals surface area contributed by atoms with Gasteiger partial charge in [-0.1, -0.05) is 25.1 Å². The van der Waals surface area contributed by atoms with Gasteiger partial charge >= 0.3 is 0 Å². The van der Waals surface area contributed by atoms with Gasteiger partial charge in [0, 0.05) is 10.6 Å². The zero-order valence-corrected chi connectivity index (χ0v) is 8.01. The quantitative estimate of drug-likeness (QED) is 0.654. The Morgan fingerprint density at radius 2 is 2.00 bits per heavy atom. The van der Waals surface area contributed by atoms with Crippen LogP contribution in [0.25, 0.3) is 0 Å². The van der Waals surface area contributed by atoms with Crippen LogP contribution in [0, 0.1) is 0 Å². The van der Waals surface area contributed by atoms with Gasteiger partial charge in [0.05, 0.1) is 0 Å². The third-order valence-corrected chi connectivity index (χ3v) is 2.78.